The largest absolute Gasteiger partial charge is 0.345 e. The quantitative estimate of drug-likeness (QED) is 0.608. The van der Waals surface area contributed by atoms with Gasteiger partial charge in [0.25, 0.3) is 0 Å². The lowest BCUT2D eigenvalue weighted by Gasteiger charge is -2.25. The molecule has 0 aliphatic rings. The maximum absolute atomic E-state index is 11.3. The predicted molar refractivity (Wildman–Crippen MR) is 52.4 cm³/mol. The van der Waals surface area contributed by atoms with Crippen LogP contribution in [0.1, 0.15) is 33.6 Å². The van der Waals surface area contributed by atoms with Gasteiger partial charge in [0.15, 0.2) is 0 Å². The van der Waals surface area contributed by atoms with Gasteiger partial charge in [-0.2, -0.15) is 0 Å². The summed E-state index contributed by atoms with van der Waals surface area (Å²) in [4.78, 5) is 23.6. The lowest BCUT2D eigenvalue weighted by molar-refractivity contribution is -0.132. The van der Waals surface area contributed by atoms with Crippen molar-refractivity contribution in [3.05, 3.63) is 0 Å². The Morgan fingerprint density at radius 3 is 2.38 bits per heavy atom. The van der Waals surface area contributed by atoms with Gasteiger partial charge >= 0.3 is 0 Å². The molecule has 0 radical (unpaired) electrons. The fourth-order valence-electron chi connectivity index (χ4n) is 1.14. The van der Waals surface area contributed by atoms with E-state index in [1.54, 1.807) is 11.9 Å². The third-order valence-corrected chi connectivity index (χ3v) is 1.85. The molecule has 3 heteroatoms. The molecule has 0 atom stereocenters. The van der Waals surface area contributed by atoms with Gasteiger partial charge in [-0.3, -0.25) is 4.79 Å². The summed E-state index contributed by atoms with van der Waals surface area (Å²) in [6, 6.07) is 0. The van der Waals surface area contributed by atoms with E-state index in [-0.39, 0.29) is 5.91 Å². The number of hydrogen-bond donors (Lipinski definition) is 0. The zero-order valence-corrected chi connectivity index (χ0v) is 8.96. The maximum Gasteiger partial charge on any atom is 0.222 e. The van der Waals surface area contributed by atoms with Crippen molar-refractivity contribution in [1.29, 1.82) is 0 Å². The van der Waals surface area contributed by atoms with Gasteiger partial charge in [0.2, 0.25) is 5.91 Å². The molecule has 0 unspecified atom stereocenters. The molecular weight excluding hydrogens is 166 g/mol. The molecule has 0 aromatic heterocycles. The van der Waals surface area contributed by atoms with E-state index in [1.807, 2.05) is 20.8 Å². The van der Waals surface area contributed by atoms with Gasteiger partial charge in [-0.1, -0.05) is 20.8 Å². The zero-order valence-electron chi connectivity index (χ0n) is 8.96. The number of aldehydes is 1. The van der Waals surface area contributed by atoms with Crippen LogP contribution in [0.2, 0.25) is 0 Å². The molecule has 0 bridgehead atoms. The molecule has 0 heterocycles. The zero-order chi connectivity index (χ0) is 10.5. The monoisotopic (exact) mass is 185 g/mol. The van der Waals surface area contributed by atoms with Gasteiger partial charge < -0.3 is 9.69 Å². The van der Waals surface area contributed by atoms with Crippen LogP contribution in [0.5, 0.6) is 0 Å². The Hall–Kier alpha value is -0.860. The minimum Gasteiger partial charge on any atom is -0.345 e. The van der Waals surface area contributed by atoms with Gasteiger partial charge in [0.1, 0.15) is 6.29 Å². The number of hydrogen-bond acceptors (Lipinski definition) is 2. The van der Waals surface area contributed by atoms with Crippen LogP contribution >= 0.6 is 0 Å². The van der Waals surface area contributed by atoms with Crippen LogP contribution in [0.4, 0.5) is 0 Å². The smallest absolute Gasteiger partial charge is 0.222 e. The first-order chi connectivity index (χ1) is 5.93. The molecule has 0 fully saturated rings. The molecule has 0 saturated heterocycles. The van der Waals surface area contributed by atoms with Crippen molar-refractivity contribution in [3.8, 4) is 0 Å². The van der Waals surface area contributed by atoms with E-state index in [9.17, 15) is 9.59 Å². The van der Waals surface area contributed by atoms with E-state index in [0.717, 1.165) is 12.7 Å². The summed E-state index contributed by atoms with van der Waals surface area (Å²) < 4.78 is 0. The summed E-state index contributed by atoms with van der Waals surface area (Å²) in [5.74, 6) is 0.109. The van der Waals surface area contributed by atoms with Gasteiger partial charge in [-0.25, -0.2) is 0 Å². The van der Waals surface area contributed by atoms with Crippen molar-refractivity contribution in [2.24, 2.45) is 5.41 Å². The second-order valence-corrected chi connectivity index (χ2v) is 4.11. The first-order valence-corrected chi connectivity index (χ1v) is 4.63. The summed E-state index contributed by atoms with van der Waals surface area (Å²) in [7, 11) is 1.74. The molecule has 0 aromatic rings. The number of amides is 1. The van der Waals surface area contributed by atoms with Crippen molar-refractivity contribution in [2.75, 3.05) is 13.6 Å². The number of carbonyl (C=O) groups excluding carboxylic acids is 2. The van der Waals surface area contributed by atoms with Crippen LogP contribution in [-0.2, 0) is 9.59 Å². The van der Waals surface area contributed by atoms with Gasteiger partial charge in [-0.05, 0) is 6.42 Å². The summed E-state index contributed by atoms with van der Waals surface area (Å²) >= 11 is 0. The molecule has 0 spiro atoms. The summed E-state index contributed by atoms with van der Waals surface area (Å²) in [6.07, 6.45) is 2.30. The second kappa shape index (κ2) is 5.00. The maximum atomic E-state index is 11.3. The van der Waals surface area contributed by atoms with E-state index < -0.39 is 5.41 Å². The average molecular weight is 185 g/mol. The molecule has 1 amide bonds. The van der Waals surface area contributed by atoms with Crippen molar-refractivity contribution in [3.63, 3.8) is 0 Å². The van der Waals surface area contributed by atoms with Crippen LogP contribution in [-0.4, -0.2) is 30.7 Å². The van der Waals surface area contributed by atoms with Crippen LogP contribution in [0.3, 0.4) is 0 Å². The van der Waals surface area contributed by atoms with Crippen molar-refractivity contribution in [2.45, 2.75) is 33.6 Å². The molecule has 0 aromatic carbocycles. The van der Waals surface area contributed by atoms with E-state index in [4.69, 9.17) is 0 Å². The highest BCUT2D eigenvalue weighted by atomic mass is 16.2. The number of nitrogens with zero attached hydrogens (tertiary/aromatic N) is 1. The van der Waals surface area contributed by atoms with E-state index in [2.05, 4.69) is 0 Å². The predicted octanol–water partition coefficient (Wildman–Crippen LogP) is 1.47. The first-order valence-electron chi connectivity index (χ1n) is 4.63. The lowest BCUT2D eigenvalue weighted by Crippen LogP contribution is -2.36. The van der Waals surface area contributed by atoms with Gasteiger partial charge in [0, 0.05) is 25.4 Å². The topological polar surface area (TPSA) is 37.4 Å². The highest BCUT2D eigenvalue weighted by molar-refractivity contribution is 5.76. The van der Waals surface area contributed by atoms with Gasteiger partial charge in [0.05, 0.1) is 0 Å². The second-order valence-electron chi connectivity index (χ2n) is 4.11. The molecule has 0 aliphatic heterocycles. The number of carbonyl (C=O) groups is 2. The van der Waals surface area contributed by atoms with Crippen molar-refractivity contribution in [1.82, 2.24) is 4.90 Å². The lowest BCUT2D eigenvalue weighted by atomic mass is 9.95. The molecule has 13 heavy (non-hydrogen) atoms. The highest BCUT2D eigenvalue weighted by Gasteiger charge is 2.21. The Kier molecular flexibility index (Phi) is 4.67. The van der Waals surface area contributed by atoms with Crippen LogP contribution < -0.4 is 0 Å². The third kappa shape index (κ3) is 4.65. The van der Waals surface area contributed by atoms with Crippen LogP contribution in [0.15, 0.2) is 0 Å². The molecule has 0 N–H and O–H groups in total. The normalized spacial score (nSPS) is 11.1. The van der Waals surface area contributed by atoms with Crippen molar-refractivity contribution < 1.29 is 9.59 Å². The Balaban J connectivity index is 4.06. The molecule has 0 aliphatic carbocycles. The molecule has 76 valence electrons. The fourth-order valence-corrected chi connectivity index (χ4v) is 1.14. The molecule has 3 nitrogen and oxygen atoms in total. The SMILES string of the molecule is CCCC(=O)N(C)CC(C)(C)C=O. The van der Waals surface area contributed by atoms with E-state index >= 15 is 0 Å². The fraction of sp³-hybridized carbons (Fsp3) is 0.800. The average Bonchev–Trinajstić information content (AvgIpc) is 2.04. The van der Waals surface area contributed by atoms with Crippen LogP contribution in [0.25, 0.3) is 0 Å². The Labute approximate surface area is 80.1 Å². The van der Waals surface area contributed by atoms with Crippen molar-refractivity contribution >= 4 is 12.2 Å². The summed E-state index contributed by atoms with van der Waals surface area (Å²) in [6.45, 7) is 6.12. The molecule has 0 saturated carbocycles. The Morgan fingerprint density at radius 1 is 1.46 bits per heavy atom. The third-order valence-electron chi connectivity index (χ3n) is 1.85. The Morgan fingerprint density at radius 2 is 2.00 bits per heavy atom. The standard InChI is InChI=1S/C10H19NO2/c1-5-6-9(13)11(4)7-10(2,3)8-12/h8H,5-7H2,1-4H3. The Bertz CT molecular complexity index is 187. The first kappa shape index (κ1) is 12.1. The summed E-state index contributed by atoms with van der Waals surface area (Å²) in [5.41, 5.74) is -0.432. The van der Waals surface area contributed by atoms with E-state index in [0.29, 0.717) is 13.0 Å². The molecular formula is C10H19NO2. The molecule has 0 rings (SSSR count). The minimum absolute atomic E-state index is 0.109. The minimum atomic E-state index is -0.432. The van der Waals surface area contributed by atoms with Gasteiger partial charge in [-0.15, -0.1) is 0 Å². The van der Waals surface area contributed by atoms with E-state index in [1.165, 1.54) is 0 Å². The van der Waals surface area contributed by atoms with Crippen LogP contribution in [0, 0.1) is 5.41 Å². The summed E-state index contributed by atoms with van der Waals surface area (Å²) in [5, 5.41) is 0. The number of rotatable bonds is 5. The highest BCUT2D eigenvalue weighted by Crippen LogP contribution is 2.12.